The highest BCUT2D eigenvalue weighted by Crippen LogP contribution is 2.27. The number of hydrogen-bond donors (Lipinski definition) is 0. The summed E-state index contributed by atoms with van der Waals surface area (Å²) < 4.78 is 34.6. The third kappa shape index (κ3) is 5.28. The fourth-order valence-corrected chi connectivity index (χ4v) is 3.40. The maximum absolute atomic E-state index is 12.1. The predicted octanol–water partition coefficient (Wildman–Crippen LogP) is 1.53. The van der Waals surface area contributed by atoms with Gasteiger partial charge in [0.15, 0.2) is 9.84 Å². The lowest BCUT2D eigenvalue weighted by Gasteiger charge is -2.09. The topological polar surface area (TPSA) is 103 Å². The average molecular weight is 367 g/mol. The molecular formula is C16H21N3O5S. The third-order valence-corrected chi connectivity index (χ3v) is 5.10. The number of sulfone groups is 1. The highest BCUT2D eigenvalue weighted by atomic mass is 32.2. The molecule has 1 heterocycles. The molecule has 136 valence electrons. The van der Waals surface area contributed by atoms with Gasteiger partial charge in [-0.05, 0) is 18.6 Å². The lowest BCUT2D eigenvalue weighted by atomic mass is 10.2. The van der Waals surface area contributed by atoms with Crippen LogP contribution in [-0.2, 0) is 20.4 Å². The number of rotatable bonds is 8. The minimum atomic E-state index is -3.44. The maximum Gasteiger partial charge on any atom is 0.242 e. The van der Waals surface area contributed by atoms with Gasteiger partial charge in [-0.15, -0.1) is 0 Å². The van der Waals surface area contributed by atoms with Crippen LogP contribution in [0.3, 0.4) is 0 Å². The van der Waals surface area contributed by atoms with E-state index in [1.807, 2.05) is 6.07 Å². The molecular weight excluding hydrogens is 346 g/mol. The average Bonchev–Trinajstić information content (AvgIpc) is 3.01. The van der Waals surface area contributed by atoms with E-state index in [1.165, 1.54) is 12.0 Å². The molecule has 1 aromatic heterocycles. The molecule has 0 saturated heterocycles. The third-order valence-electron chi connectivity index (χ3n) is 3.50. The van der Waals surface area contributed by atoms with Gasteiger partial charge < -0.3 is 14.2 Å². The Bertz CT molecular complexity index is 830. The Morgan fingerprint density at radius 1 is 1.28 bits per heavy atom. The minimum Gasteiger partial charge on any atom is -0.496 e. The summed E-state index contributed by atoms with van der Waals surface area (Å²) in [5.41, 5.74) is 0.619. The van der Waals surface area contributed by atoms with Gasteiger partial charge in [0.2, 0.25) is 17.6 Å². The Hall–Kier alpha value is -2.42. The van der Waals surface area contributed by atoms with Crippen molar-refractivity contribution in [2.24, 2.45) is 0 Å². The van der Waals surface area contributed by atoms with E-state index in [4.69, 9.17) is 9.26 Å². The van der Waals surface area contributed by atoms with Gasteiger partial charge in [-0.3, -0.25) is 4.79 Å². The standard InChI is InChI=1S/C16H21N3O5S/c1-19(2)15(20)9-6-10-25(21,22)11-14-17-16(18-24-14)12-7-4-5-8-13(12)23-3/h4-5,7-8H,6,9-11H2,1-3H3. The van der Waals surface area contributed by atoms with Crippen LogP contribution in [0.2, 0.25) is 0 Å². The number of nitrogens with zero attached hydrogens (tertiary/aromatic N) is 3. The van der Waals surface area contributed by atoms with Crippen molar-refractivity contribution in [1.29, 1.82) is 0 Å². The van der Waals surface area contributed by atoms with Gasteiger partial charge in [0.05, 0.1) is 18.4 Å². The van der Waals surface area contributed by atoms with Crippen molar-refractivity contribution < 1.29 is 22.5 Å². The number of benzene rings is 1. The number of amides is 1. The smallest absolute Gasteiger partial charge is 0.242 e. The molecule has 1 amide bonds. The van der Waals surface area contributed by atoms with Crippen LogP contribution in [0.25, 0.3) is 11.4 Å². The lowest BCUT2D eigenvalue weighted by Crippen LogP contribution is -2.22. The molecule has 0 bridgehead atoms. The number of methoxy groups -OCH3 is 1. The van der Waals surface area contributed by atoms with E-state index < -0.39 is 9.84 Å². The van der Waals surface area contributed by atoms with E-state index >= 15 is 0 Å². The summed E-state index contributed by atoms with van der Waals surface area (Å²) >= 11 is 0. The van der Waals surface area contributed by atoms with Crippen LogP contribution in [0, 0.1) is 0 Å². The van der Waals surface area contributed by atoms with Crippen molar-refractivity contribution in [2.45, 2.75) is 18.6 Å². The normalized spacial score (nSPS) is 11.3. The van der Waals surface area contributed by atoms with E-state index in [1.54, 1.807) is 32.3 Å². The van der Waals surface area contributed by atoms with Gasteiger partial charge in [0, 0.05) is 20.5 Å². The molecule has 1 aromatic carbocycles. The molecule has 0 spiro atoms. The molecule has 0 saturated carbocycles. The van der Waals surface area contributed by atoms with Crippen molar-refractivity contribution in [1.82, 2.24) is 15.0 Å². The van der Waals surface area contributed by atoms with Crippen LogP contribution in [0.4, 0.5) is 0 Å². The van der Waals surface area contributed by atoms with Gasteiger partial charge >= 0.3 is 0 Å². The lowest BCUT2D eigenvalue weighted by molar-refractivity contribution is -0.128. The van der Waals surface area contributed by atoms with E-state index in [2.05, 4.69) is 10.1 Å². The summed E-state index contributed by atoms with van der Waals surface area (Å²) in [7, 11) is 1.36. The van der Waals surface area contributed by atoms with Gasteiger partial charge in [0.1, 0.15) is 11.5 Å². The molecule has 0 aliphatic heterocycles. The number of carbonyl (C=O) groups is 1. The molecule has 0 aliphatic rings. The Labute approximate surface area is 146 Å². The maximum atomic E-state index is 12.1. The summed E-state index contributed by atoms with van der Waals surface area (Å²) in [6.07, 6.45) is 0.440. The quantitative estimate of drug-likeness (QED) is 0.697. The van der Waals surface area contributed by atoms with Crippen LogP contribution in [0.1, 0.15) is 18.7 Å². The van der Waals surface area contributed by atoms with Crippen molar-refractivity contribution in [2.75, 3.05) is 27.0 Å². The first-order valence-corrected chi connectivity index (χ1v) is 9.51. The molecule has 8 nitrogen and oxygen atoms in total. The molecule has 0 fully saturated rings. The van der Waals surface area contributed by atoms with Crippen molar-refractivity contribution in [3.05, 3.63) is 30.2 Å². The molecule has 2 rings (SSSR count). The number of hydrogen-bond acceptors (Lipinski definition) is 7. The van der Waals surface area contributed by atoms with Crippen LogP contribution in [0.15, 0.2) is 28.8 Å². The summed E-state index contributed by atoms with van der Waals surface area (Å²) in [6, 6.07) is 7.12. The van der Waals surface area contributed by atoms with Crippen LogP contribution in [0.5, 0.6) is 5.75 Å². The highest BCUT2D eigenvalue weighted by molar-refractivity contribution is 7.90. The molecule has 0 atom stereocenters. The molecule has 0 aliphatic carbocycles. The molecule has 2 aromatic rings. The van der Waals surface area contributed by atoms with Gasteiger partial charge in [0.25, 0.3) is 0 Å². The molecule has 25 heavy (non-hydrogen) atoms. The largest absolute Gasteiger partial charge is 0.496 e. The number of para-hydroxylation sites is 1. The van der Waals surface area contributed by atoms with Crippen LogP contribution < -0.4 is 4.74 Å². The molecule has 0 radical (unpaired) electrons. The monoisotopic (exact) mass is 367 g/mol. The zero-order valence-electron chi connectivity index (χ0n) is 14.4. The highest BCUT2D eigenvalue weighted by Gasteiger charge is 2.19. The van der Waals surface area contributed by atoms with Gasteiger partial charge in [-0.1, -0.05) is 17.3 Å². The Balaban J connectivity index is 2.01. The SMILES string of the molecule is COc1ccccc1-c1noc(CS(=O)(=O)CCCC(=O)N(C)C)n1. The first kappa shape index (κ1) is 18.9. The Morgan fingerprint density at radius 3 is 2.68 bits per heavy atom. The number of aromatic nitrogens is 2. The first-order chi connectivity index (χ1) is 11.8. The zero-order valence-corrected chi connectivity index (χ0v) is 15.2. The Morgan fingerprint density at radius 2 is 2.00 bits per heavy atom. The minimum absolute atomic E-state index is 0.0137. The number of carbonyl (C=O) groups excluding carboxylic acids is 1. The van der Waals surface area contributed by atoms with E-state index in [0.717, 1.165) is 0 Å². The summed E-state index contributed by atoms with van der Waals surface area (Å²) in [6.45, 7) is 0. The summed E-state index contributed by atoms with van der Waals surface area (Å²) in [4.78, 5) is 17.1. The fraction of sp³-hybridized carbons (Fsp3) is 0.438. The van der Waals surface area contributed by atoms with Crippen LogP contribution in [-0.4, -0.2) is 56.3 Å². The zero-order chi connectivity index (χ0) is 18.4. The predicted molar refractivity (Wildman–Crippen MR) is 91.7 cm³/mol. The number of ether oxygens (including phenoxy) is 1. The molecule has 9 heteroatoms. The van der Waals surface area contributed by atoms with Crippen molar-refractivity contribution in [3.63, 3.8) is 0 Å². The van der Waals surface area contributed by atoms with Crippen LogP contribution >= 0.6 is 0 Å². The molecule has 0 N–H and O–H groups in total. The van der Waals surface area contributed by atoms with Crippen molar-refractivity contribution in [3.8, 4) is 17.1 Å². The molecule has 0 unspecified atom stereocenters. The summed E-state index contributed by atoms with van der Waals surface area (Å²) in [5, 5.41) is 3.82. The second-order valence-electron chi connectivity index (χ2n) is 5.70. The second kappa shape index (κ2) is 8.11. The van der Waals surface area contributed by atoms with Gasteiger partial charge in [-0.2, -0.15) is 4.98 Å². The Kier molecular flexibility index (Phi) is 6.13. The van der Waals surface area contributed by atoms with Gasteiger partial charge in [-0.25, -0.2) is 8.42 Å². The van der Waals surface area contributed by atoms with E-state index in [-0.39, 0.29) is 42.0 Å². The fourth-order valence-electron chi connectivity index (χ4n) is 2.18. The van der Waals surface area contributed by atoms with E-state index in [9.17, 15) is 13.2 Å². The first-order valence-electron chi connectivity index (χ1n) is 7.69. The van der Waals surface area contributed by atoms with Crippen molar-refractivity contribution >= 4 is 15.7 Å². The second-order valence-corrected chi connectivity index (χ2v) is 7.88. The summed E-state index contributed by atoms with van der Waals surface area (Å²) in [5.74, 6) is 0.279. The van der Waals surface area contributed by atoms with E-state index in [0.29, 0.717) is 11.3 Å².